The standard InChI is InChI=1S/C15H21N3O3S/c1-2-22-12-5-3-4-8-17(10-12)13-7-6-11(15(16)19)9-14(13)18(20)21/h6-7,9,12H,2-5,8,10H2,1H3,(H2,16,19)/t12-/m0/s1. The third-order valence-electron chi connectivity index (χ3n) is 3.83. The zero-order valence-electron chi connectivity index (χ0n) is 12.7. The Hall–Kier alpha value is -1.76. The minimum absolute atomic E-state index is 0.0431. The Morgan fingerprint density at radius 1 is 1.50 bits per heavy atom. The second kappa shape index (κ2) is 7.49. The number of hydrogen-bond acceptors (Lipinski definition) is 5. The Bertz CT molecular complexity index is 565. The zero-order valence-corrected chi connectivity index (χ0v) is 13.5. The van der Waals surface area contributed by atoms with E-state index in [0.29, 0.717) is 10.9 Å². The van der Waals surface area contributed by atoms with Crippen LogP contribution in [-0.4, -0.2) is 34.9 Å². The minimum Gasteiger partial charge on any atom is -0.366 e. The number of primary amides is 1. The third-order valence-corrected chi connectivity index (χ3v) is 5.02. The van der Waals surface area contributed by atoms with Gasteiger partial charge in [0.15, 0.2) is 0 Å². The molecule has 120 valence electrons. The van der Waals surface area contributed by atoms with Crippen molar-refractivity contribution in [2.24, 2.45) is 5.73 Å². The largest absolute Gasteiger partial charge is 0.366 e. The molecule has 1 fully saturated rings. The van der Waals surface area contributed by atoms with E-state index in [1.807, 2.05) is 11.8 Å². The number of nitro benzene ring substituents is 1. The van der Waals surface area contributed by atoms with Crippen molar-refractivity contribution in [1.82, 2.24) is 0 Å². The number of carbonyl (C=O) groups excluding carboxylic acids is 1. The molecule has 6 nitrogen and oxygen atoms in total. The predicted molar refractivity (Wildman–Crippen MR) is 89.6 cm³/mol. The SMILES string of the molecule is CCS[C@H]1CCCCN(c2ccc(C(N)=O)cc2[N+](=O)[O-])C1. The molecule has 0 bridgehead atoms. The summed E-state index contributed by atoms with van der Waals surface area (Å²) in [4.78, 5) is 24.2. The van der Waals surface area contributed by atoms with E-state index in [0.717, 1.165) is 38.1 Å². The van der Waals surface area contributed by atoms with E-state index in [2.05, 4.69) is 11.8 Å². The van der Waals surface area contributed by atoms with Crippen molar-refractivity contribution in [2.75, 3.05) is 23.7 Å². The molecule has 0 aromatic heterocycles. The van der Waals surface area contributed by atoms with Crippen LogP contribution in [0.25, 0.3) is 0 Å². The monoisotopic (exact) mass is 323 g/mol. The van der Waals surface area contributed by atoms with E-state index in [4.69, 9.17) is 5.73 Å². The van der Waals surface area contributed by atoms with E-state index in [1.54, 1.807) is 12.1 Å². The first kappa shape index (κ1) is 16.6. The molecule has 0 radical (unpaired) electrons. The Kier molecular flexibility index (Phi) is 5.65. The van der Waals surface area contributed by atoms with Gasteiger partial charge in [-0.3, -0.25) is 14.9 Å². The second-order valence-corrected chi connectivity index (χ2v) is 6.92. The van der Waals surface area contributed by atoms with Gasteiger partial charge in [0.1, 0.15) is 5.69 Å². The van der Waals surface area contributed by atoms with Crippen molar-refractivity contribution in [1.29, 1.82) is 0 Å². The quantitative estimate of drug-likeness (QED) is 0.665. The fraction of sp³-hybridized carbons (Fsp3) is 0.533. The van der Waals surface area contributed by atoms with Crippen LogP contribution in [0.3, 0.4) is 0 Å². The van der Waals surface area contributed by atoms with Gasteiger partial charge in [0, 0.05) is 30.0 Å². The molecule has 1 saturated heterocycles. The van der Waals surface area contributed by atoms with Crippen LogP contribution in [0, 0.1) is 10.1 Å². The Balaban J connectivity index is 2.33. The molecule has 2 rings (SSSR count). The lowest BCUT2D eigenvalue weighted by Crippen LogP contribution is -2.30. The molecule has 1 amide bonds. The summed E-state index contributed by atoms with van der Waals surface area (Å²) in [6.45, 7) is 3.73. The molecule has 1 aromatic carbocycles. The molecule has 0 saturated carbocycles. The number of carbonyl (C=O) groups is 1. The van der Waals surface area contributed by atoms with Gasteiger partial charge in [-0.05, 0) is 30.7 Å². The van der Waals surface area contributed by atoms with Crippen molar-refractivity contribution in [3.8, 4) is 0 Å². The van der Waals surface area contributed by atoms with E-state index < -0.39 is 10.8 Å². The van der Waals surface area contributed by atoms with E-state index in [-0.39, 0.29) is 11.3 Å². The van der Waals surface area contributed by atoms with Gasteiger partial charge in [0.25, 0.3) is 5.69 Å². The molecule has 0 unspecified atom stereocenters. The molecule has 0 spiro atoms. The molecule has 2 N–H and O–H groups in total. The number of anilines is 1. The highest BCUT2D eigenvalue weighted by Gasteiger charge is 2.25. The van der Waals surface area contributed by atoms with E-state index >= 15 is 0 Å². The number of amides is 1. The fourth-order valence-corrected chi connectivity index (χ4v) is 3.87. The molecule has 1 aliphatic heterocycles. The number of nitrogens with two attached hydrogens (primary N) is 1. The first-order chi connectivity index (χ1) is 10.5. The maximum atomic E-state index is 11.4. The fourth-order valence-electron chi connectivity index (χ4n) is 2.78. The summed E-state index contributed by atoms with van der Waals surface area (Å²) in [7, 11) is 0. The van der Waals surface area contributed by atoms with Gasteiger partial charge >= 0.3 is 0 Å². The molecule has 1 aliphatic rings. The number of thioether (sulfide) groups is 1. The Labute approximate surface area is 134 Å². The third kappa shape index (κ3) is 3.91. The highest BCUT2D eigenvalue weighted by molar-refractivity contribution is 7.99. The van der Waals surface area contributed by atoms with Gasteiger partial charge in [-0.2, -0.15) is 11.8 Å². The highest BCUT2D eigenvalue weighted by atomic mass is 32.2. The highest BCUT2D eigenvalue weighted by Crippen LogP contribution is 2.33. The first-order valence-corrected chi connectivity index (χ1v) is 8.52. The molecule has 1 atom stereocenters. The number of nitrogens with zero attached hydrogens (tertiary/aromatic N) is 2. The van der Waals surface area contributed by atoms with Gasteiger partial charge in [-0.1, -0.05) is 13.3 Å². The van der Waals surface area contributed by atoms with E-state index in [1.165, 1.54) is 6.07 Å². The van der Waals surface area contributed by atoms with Gasteiger partial charge in [-0.25, -0.2) is 0 Å². The molecule has 7 heteroatoms. The van der Waals surface area contributed by atoms with Crippen LogP contribution in [0.2, 0.25) is 0 Å². The van der Waals surface area contributed by atoms with Gasteiger partial charge in [-0.15, -0.1) is 0 Å². The second-order valence-electron chi connectivity index (χ2n) is 5.34. The average molecular weight is 323 g/mol. The number of nitro groups is 1. The van der Waals surface area contributed by atoms with Crippen molar-refractivity contribution in [3.63, 3.8) is 0 Å². The number of benzene rings is 1. The molecule has 1 heterocycles. The van der Waals surface area contributed by atoms with Gasteiger partial charge in [0.05, 0.1) is 4.92 Å². The summed E-state index contributed by atoms with van der Waals surface area (Å²) in [5.41, 5.74) is 5.93. The predicted octanol–water partition coefficient (Wildman–Crippen LogP) is 2.81. The van der Waals surface area contributed by atoms with Crippen molar-refractivity contribution in [3.05, 3.63) is 33.9 Å². The molecule has 0 aliphatic carbocycles. The summed E-state index contributed by atoms with van der Waals surface area (Å²) in [5, 5.41) is 11.8. The normalized spacial score (nSPS) is 18.8. The summed E-state index contributed by atoms with van der Waals surface area (Å²) in [5.74, 6) is 0.395. The van der Waals surface area contributed by atoms with Crippen LogP contribution in [-0.2, 0) is 0 Å². The molecule has 22 heavy (non-hydrogen) atoms. The lowest BCUT2D eigenvalue weighted by molar-refractivity contribution is -0.384. The number of rotatable bonds is 5. The van der Waals surface area contributed by atoms with Gasteiger partial charge < -0.3 is 10.6 Å². The lowest BCUT2D eigenvalue weighted by Gasteiger charge is -2.26. The van der Waals surface area contributed by atoms with E-state index in [9.17, 15) is 14.9 Å². The van der Waals surface area contributed by atoms with Crippen LogP contribution in [0.4, 0.5) is 11.4 Å². The summed E-state index contributed by atoms with van der Waals surface area (Å²) in [6.07, 6.45) is 3.30. The van der Waals surface area contributed by atoms with Crippen LogP contribution in [0.1, 0.15) is 36.5 Å². The number of hydrogen-bond donors (Lipinski definition) is 1. The zero-order chi connectivity index (χ0) is 16.1. The molecular formula is C15H21N3O3S. The van der Waals surface area contributed by atoms with Crippen molar-refractivity contribution >= 4 is 29.0 Å². The van der Waals surface area contributed by atoms with Crippen LogP contribution < -0.4 is 10.6 Å². The van der Waals surface area contributed by atoms with Crippen LogP contribution >= 0.6 is 11.8 Å². The summed E-state index contributed by atoms with van der Waals surface area (Å²) < 4.78 is 0. The summed E-state index contributed by atoms with van der Waals surface area (Å²) >= 11 is 1.90. The summed E-state index contributed by atoms with van der Waals surface area (Å²) in [6, 6.07) is 4.50. The van der Waals surface area contributed by atoms with Crippen LogP contribution in [0.5, 0.6) is 0 Å². The topological polar surface area (TPSA) is 89.5 Å². The van der Waals surface area contributed by atoms with Crippen molar-refractivity contribution < 1.29 is 9.72 Å². The molecule has 1 aromatic rings. The Morgan fingerprint density at radius 2 is 2.27 bits per heavy atom. The molecular weight excluding hydrogens is 302 g/mol. The lowest BCUT2D eigenvalue weighted by atomic mass is 10.1. The smallest absolute Gasteiger partial charge is 0.293 e. The first-order valence-electron chi connectivity index (χ1n) is 7.47. The van der Waals surface area contributed by atoms with Gasteiger partial charge in [0.2, 0.25) is 5.91 Å². The minimum atomic E-state index is -0.648. The van der Waals surface area contributed by atoms with Crippen molar-refractivity contribution in [2.45, 2.75) is 31.4 Å². The Morgan fingerprint density at radius 3 is 2.91 bits per heavy atom. The maximum Gasteiger partial charge on any atom is 0.293 e. The average Bonchev–Trinajstić information content (AvgIpc) is 2.72. The van der Waals surface area contributed by atoms with Crippen LogP contribution in [0.15, 0.2) is 18.2 Å². The maximum absolute atomic E-state index is 11.4.